The monoisotopic (exact) mass is 303 g/mol. The van der Waals surface area contributed by atoms with Gasteiger partial charge in [0.15, 0.2) is 5.76 Å². The average Bonchev–Trinajstić information content (AvgIpc) is 3.16. The van der Waals surface area contributed by atoms with Crippen molar-refractivity contribution in [2.45, 2.75) is 6.04 Å². The summed E-state index contributed by atoms with van der Waals surface area (Å²) in [4.78, 5) is 25.1. The molecule has 2 heterocycles. The van der Waals surface area contributed by atoms with E-state index in [2.05, 4.69) is 0 Å². The van der Waals surface area contributed by atoms with E-state index < -0.39 is 12.0 Å². The van der Waals surface area contributed by atoms with Crippen molar-refractivity contribution in [3.05, 3.63) is 48.4 Å². The number of furan rings is 1. The van der Waals surface area contributed by atoms with E-state index in [0.29, 0.717) is 17.2 Å². The van der Waals surface area contributed by atoms with Gasteiger partial charge in [0.25, 0.3) is 5.91 Å². The van der Waals surface area contributed by atoms with Gasteiger partial charge in [0.1, 0.15) is 6.04 Å². The molecule has 1 saturated heterocycles. The molecule has 0 radical (unpaired) electrons. The molecule has 1 fully saturated rings. The van der Waals surface area contributed by atoms with E-state index in [1.165, 1.54) is 22.9 Å². The quantitative estimate of drug-likeness (QED) is 0.943. The lowest BCUT2D eigenvalue weighted by Crippen LogP contribution is -2.41. The molecule has 1 atom stereocenters. The summed E-state index contributed by atoms with van der Waals surface area (Å²) in [5.41, 5.74) is 1.55. The molecule has 1 aromatic carbocycles. The van der Waals surface area contributed by atoms with Gasteiger partial charge < -0.3 is 14.4 Å². The molecular weight excluding hydrogens is 290 g/mol. The maximum absolute atomic E-state index is 12.6. The Morgan fingerprint density at radius 2 is 2.00 bits per heavy atom. The van der Waals surface area contributed by atoms with Gasteiger partial charge in [-0.2, -0.15) is 0 Å². The zero-order valence-electron chi connectivity index (χ0n) is 11.1. The first-order valence-corrected chi connectivity index (χ1v) is 7.58. The number of carbonyl (C=O) groups is 2. The van der Waals surface area contributed by atoms with Crippen LogP contribution in [0, 0.1) is 0 Å². The van der Waals surface area contributed by atoms with Crippen molar-refractivity contribution < 1.29 is 19.1 Å². The molecular formula is C15H13NO4S. The largest absolute Gasteiger partial charge is 0.480 e. The van der Waals surface area contributed by atoms with E-state index in [0.717, 1.165) is 5.56 Å². The van der Waals surface area contributed by atoms with Gasteiger partial charge in [-0.05, 0) is 11.6 Å². The van der Waals surface area contributed by atoms with Crippen molar-refractivity contribution in [3.63, 3.8) is 0 Å². The van der Waals surface area contributed by atoms with Crippen LogP contribution in [-0.2, 0) is 4.79 Å². The number of benzene rings is 1. The van der Waals surface area contributed by atoms with Gasteiger partial charge in [-0.3, -0.25) is 4.79 Å². The Kier molecular flexibility index (Phi) is 3.70. The number of rotatable bonds is 3. The lowest BCUT2D eigenvalue weighted by molar-refractivity contribution is -0.140. The van der Waals surface area contributed by atoms with E-state index in [1.807, 2.05) is 30.3 Å². The third kappa shape index (κ3) is 2.54. The SMILES string of the molecule is O=C(O)[C@@H]1CSCN1C(=O)c1occc1-c1ccccc1. The molecule has 6 heteroatoms. The first kappa shape index (κ1) is 13.8. The number of nitrogens with zero attached hydrogens (tertiary/aromatic N) is 1. The van der Waals surface area contributed by atoms with Crippen LogP contribution in [0.15, 0.2) is 47.1 Å². The molecule has 0 aliphatic carbocycles. The van der Waals surface area contributed by atoms with Crippen LogP contribution in [0.25, 0.3) is 11.1 Å². The molecule has 0 bridgehead atoms. The van der Waals surface area contributed by atoms with E-state index >= 15 is 0 Å². The third-order valence-electron chi connectivity index (χ3n) is 3.37. The Hall–Kier alpha value is -2.21. The molecule has 2 aromatic rings. The summed E-state index contributed by atoms with van der Waals surface area (Å²) in [6, 6.07) is 10.3. The number of amides is 1. The minimum atomic E-state index is -0.985. The van der Waals surface area contributed by atoms with Crippen molar-refractivity contribution in [2.75, 3.05) is 11.6 Å². The number of carboxylic acids is 1. The normalized spacial score (nSPS) is 17.9. The van der Waals surface area contributed by atoms with Crippen LogP contribution < -0.4 is 0 Å². The molecule has 0 spiro atoms. The standard InChI is InChI=1S/C15H13NO4S/c17-14(16-9-21-8-12(16)15(18)19)13-11(6-7-20-13)10-4-2-1-3-5-10/h1-7,12H,8-9H2,(H,18,19)/t12-/m0/s1. The molecule has 1 aliphatic rings. The van der Waals surface area contributed by atoms with E-state index in [1.54, 1.807) is 6.07 Å². The number of carbonyl (C=O) groups excluding carboxylic acids is 1. The van der Waals surface area contributed by atoms with Crippen molar-refractivity contribution in [1.29, 1.82) is 0 Å². The third-order valence-corrected chi connectivity index (χ3v) is 4.38. The van der Waals surface area contributed by atoms with Crippen molar-refractivity contribution in [2.24, 2.45) is 0 Å². The first-order chi connectivity index (χ1) is 10.2. The van der Waals surface area contributed by atoms with E-state index in [-0.39, 0.29) is 11.7 Å². The minimum absolute atomic E-state index is 0.190. The highest BCUT2D eigenvalue weighted by atomic mass is 32.2. The Morgan fingerprint density at radius 3 is 2.71 bits per heavy atom. The molecule has 1 N–H and O–H groups in total. The van der Waals surface area contributed by atoms with Gasteiger partial charge in [0.2, 0.25) is 0 Å². The maximum Gasteiger partial charge on any atom is 0.327 e. The van der Waals surface area contributed by atoms with E-state index in [9.17, 15) is 14.7 Å². The predicted octanol–water partition coefficient (Wildman–Crippen LogP) is 2.55. The van der Waals surface area contributed by atoms with Crippen LogP contribution in [0.2, 0.25) is 0 Å². The Bertz CT molecular complexity index is 667. The highest BCUT2D eigenvalue weighted by Gasteiger charge is 2.37. The lowest BCUT2D eigenvalue weighted by atomic mass is 10.1. The average molecular weight is 303 g/mol. The summed E-state index contributed by atoms with van der Waals surface area (Å²) < 4.78 is 5.33. The lowest BCUT2D eigenvalue weighted by Gasteiger charge is -2.19. The molecule has 108 valence electrons. The maximum atomic E-state index is 12.6. The van der Waals surface area contributed by atoms with Crippen LogP contribution in [0.1, 0.15) is 10.6 Å². The van der Waals surface area contributed by atoms with Gasteiger partial charge in [0, 0.05) is 11.3 Å². The Morgan fingerprint density at radius 1 is 1.24 bits per heavy atom. The summed E-state index contributed by atoms with van der Waals surface area (Å²) in [5.74, 6) is -0.403. The number of hydrogen-bond donors (Lipinski definition) is 1. The van der Waals surface area contributed by atoms with Crippen LogP contribution in [0.5, 0.6) is 0 Å². The Labute approximate surface area is 125 Å². The Balaban J connectivity index is 1.93. The van der Waals surface area contributed by atoms with Gasteiger partial charge in [-0.25, -0.2) is 4.79 Å². The predicted molar refractivity (Wildman–Crippen MR) is 79.1 cm³/mol. The van der Waals surface area contributed by atoms with Crippen LogP contribution >= 0.6 is 11.8 Å². The van der Waals surface area contributed by atoms with E-state index in [4.69, 9.17) is 4.42 Å². The zero-order chi connectivity index (χ0) is 14.8. The number of carboxylic acid groups (broad SMARTS) is 1. The smallest absolute Gasteiger partial charge is 0.327 e. The molecule has 21 heavy (non-hydrogen) atoms. The van der Waals surface area contributed by atoms with Gasteiger partial charge in [-0.1, -0.05) is 30.3 Å². The second kappa shape index (κ2) is 5.65. The molecule has 5 nitrogen and oxygen atoms in total. The summed E-state index contributed by atoms with van der Waals surface area (Å²) in [6.45, 7) is 0. The molecule has 0 saturated carbocycles. The summed E-state index contributed by atoms with van der Waals surface area (Å²) >= 11 is 1.43. The van der Waals surface area contributed by atoms with Crippen LogP contribution in [0.3, 0.4) is 0 Å². The fourth-order valence-electron chi connectivity index (χ4n) is 2.30. The first-order valence-electron chi connectivity index (χ1n) is 6.43. The second-order valence-corrected chi connectivity index (χ2v) is 5.66. The molecule has 1 amide bonds. The minimum Gasteiger partial charge on any atom is -0.480 e. The summed E-state index contributed by atoms with van der Waals surface area (Å²) in [5, 5.41) is 9.18. The number of hydrogen-bond acceptors (Lipinski definition) is 4. The molecule has 1 aliphatic heterocycles. The highest BCUT2D eigenvalue weighted by molar-refractivity contribution is 7.99. The van der Waals surface area contributed by atoms with Gasteiger partial charge in [0.05, 0.1) is 12.1 Å². The van der Waals surface area contributed by atoms with Crippen molar-refractivity contribution >= 4 is 23.6 Å². The van der Waals surface area contributed by atoms with Gasteiger partial charge >= 0.3 is 5.97 Å². The number of aliphatic carboxylic acids is 1. The van der Waals surface area contributed by atoms with Crippen LogP contribution in [0.4, 0.5) is 0 Å². The second-order valence-electron chi connectivity index (χ2n) is 4.66. The van der Waals surface area contributed by atoms with Crippen molar-refractivity contribution in [1.82, 2.24) is 4.90 Å². The zero-order valence-corrected chi connectivity index (χ0v) is 11.9. The fraction of sp³-hybridized carbons (Fsp3) is 0.200. The highest BCUT2D eigenvalue weighted by Crippen LogP contribution is 2.29. The molecule has 3 rings (SSSR count). The van der Waals surface area contributed by atoms with Crippen molar-refractivity contribution in [3.8, 4) is 11.1 Å². The fourth-order valence-corrected chi connectivity index (χ4v) is 3.44. The molecule has 1 aromatic heterocycles. The number of thioether (sulfide) groups is 1. The summed E-state index contributed by atoms with van der Waals surface area (Å²) in [6.07, 6.45) is 1.45. The van der Waals surface area contributed by atoms with Gasteiger partial charge in [-0.15, -0.1) is 11.8 Å². The summed E-state index contributed by atoms with van der Waals surface area (Å²) in [7, 11) is 0. The topological polar surface area (TPSA) is 70.8 Å². The molecule has 0 unspecified atom stereocenters. The van der Waals surface area contributed by atoms with Crippen LogP contribution in [-0.4, -0.2) is 39.6 Å².